The molecule has 2 aromatic carbocycles. The van der Waals surface area contributed by atoms with Crippen molar-refractivity contribution in [1.29, 1.82) is 0 Å². The molecule has 3 aromatic rings. The Kier molecular flexibility index (Phi) is 5.48. The molecule has 0 N–H and O–H groups in total. The minimum Gasteiger partial charge on any atom is -0.329 e. The predicted octanol–water partition coefficient (Wildman–Crippen LogP) is 5.67. The largest absolute Gasteiger partial charge is 0.329 e. The van der Waals surface area contributed by atoms with Crippen LogP contribution in [0.15, 0.2) is 60.8 Å². The maximum Gasteiger partial charge on any atom is 0.224 e. The van der Waals surface area contributed by atoms with Gasteiger partial charge in [-0.05, 0) is 75.7 Å². The number of hydrogen-bond acceptors (Lipinski definition) is 3. The van der Waals surface area contributed by atoms with Crippen molar-refractivity contribution in [3.8, 4) is 0 Å². The van der Waals surface area contributed by atoms with Gasteiger partial charge in [0.05, 0.1) is 0 Å². The molecule has 0 amide bonds. The standard InChI is InChI=1S/C19H15ClIN3/c1-24(18-10-11-22-19(20)23-18)17-7-3-5-15(13-17)9-8-14-4-2-6-16(21)12-14/h2-13H,1H3/b9-8+. The zero-order valence-electron chi connectivity index (χ0n) is 13.0. The van der Waals surface area contributed by atoms with Gasteiger partial charge in [-0.15, -0.1) is 0 Å². The molecule has 0 radical (unpaired) electrons. The number of nitrogens with zero attached hydrogens (tertiary/aromatic N) is 3. The third-order valence-corrected chi connectivity index (χ3v) is 4.38. The fraction of sp³-hybridized carbons (Fsp3) is 0.0526. The lowest BCUT2D eigenvalue weighted by atomic mass is 10.1. The number of halogens is 2. The van der Waals surface area contributed by atoms with Gasteiger partial charge in [-0.1, -0.05) is 36.4 Å². The smallest absolute Gasteiger partial charge is 0.224 e. The second-order valence-electron chi connectivity index (χ2n) is 5.23. The number of benzene rings is 2. The Bertz CT molecular complexity index is 880. The summed E-state index contributed by atoms with van der Waals surface area (Å²) in [5.41, 5.74) is 3.34. The molecule has 0 bridgehead atoms. The van der Waals surface area contributed by atoms with Crippen LogP contribution in [-0.4, -0.2) is 17.0 Å². The van der Waals surface area contributed by atoms with Crippen molar-refractivity contribution in [3.63, 3.8) is 0 Å². The van der Waals surface area contributed by atoms with Crippen LogP contribution in [0.4, 0.5) is 11.5 Å². The molecular weight excluding hydrogens is 433 g/mol. The Morgan fingerprint density at radius 3 is 2.42 bits per heavy atom. The summed E-state index contributed by atoms with van der Waals surface area (Å²) in [5, 5.41) is 0.245. The van der Waals surface area contributed by atoms with Gasteiger partial charge in [0.2, 0.25) is 5.28 Å². The molecule has 24 heavy (non-hydrogen) atoms. The summed E-state index contributed by atoms with van der Waals surface area (Å²) >= 11 is 8.20. The summed E-state index contributed by atoms with van der Waals surface area (Å²) in [4.78, 5) is 10.1. The highest BCUT2D eigenvalue weighted by atomic mass is 127. The minimum absolute atomic E-state index is 0.245. The first-order valence-corrected chi connectivity index (χ1v) is 8.83. The number of anilines is 2. The van der Waals surface area contributed by atoms with E-state index < -0.39 is 0 Å². The van der Waals surface area contributed by atoms with Crippen LogP contribution >= 0.6 is 34.2 Å². The number of hydrogen-bond donors (Lipinski definition) is 0. The van der Waals surface area contributed by atoms with E-state index in [-0.39, 0.29) is 5.28 Å². The highest BCUT2D eigenvalue weighted by molar-refractivity contribution is 14.1. The molecule has 0 aliphatic carbocycles. The SMILES string of the molecule is CN(c1cccc(/C=C/c2cccc(I)c2)c1)c1ccnc(Cl)n1. The van der Waals surface area contributed by atoms with Gasteiger partial charge >= 0.3 is 0 Å². The molecule has 0 spiro atoms. The van der Waals surface area contributed by atoms with Gasteiger partial charge in [0.25, 0.3) is 0 Å². The van der Waals surface area contributed by atoms with Crippen molar-refractivity contribution >= 4 is 57.8 Å². The van der Waals surface area contributed by atoms with E-state index in [4.69, 9.17) is 11.6 Å². The Balaban J connectivity index is 1.84. The summed E-state index contributed by atoms with van der Waals surface area (Å²) in [6.07, 6.45) is 5.88. The number of aromatic nitrogens is 2. The summed E-state index contributed by atoms with van der Waals surface area (Å²) in [7, 11) is 1.96. The van der Waals surface area contributed by atoms with Crippen LogP contribution in [0.2, 0.25) is 5.28 Å². The van der Waals surface area contributed by atoms with Crippen molar-refractivity contribution in [1.82, 2.24) is 9.97 Å². The highest BCUT2D eigenvalue weighted by Gasteiger charge is 2.06. The maximum absolute atomic E-state index is 5.88. The van der Waals surface area contributed by atoms with Gasteiger partial charge in [-0.25, -0.2) is 9.97 Å². The Hall–Kier alpha value is -1.92. The predicted molar refractivity (Wildman–Crippen MR) is 110 cm³/mol. The van der Waals surface area contributed by atoms with E-state index in [1.165, 1.54) is 9.13 Å². The monoisotopic (exact) mass is 447 g/mol. The molecule has 0 fully saturated rings. The minimum atomic E-state index is 0.245. The van der Waals surface area contributed by atoms with Crippen LogP contribution in [-0.2, 0) is 0 Å². The molecule has 1 heterocycles. The zero-order chi connectivity index (χ0) is 16.9. The normalized spacial score (nSPS) is 11.0. The third-order valence-electron chi connectivity index (χ3n) is 3.53. The Labute approximate surface area is 160 Å². The second kappa shape index (κ2) is 7.77. The molecule has 0 saturated carbocycles. The van der Waals surface area contributed by atoms with Gasteiger partial charge in [0.1, 0.15) is 5.82 Å². The van der Waals surface area contributed by atoms with Crippen molar-refractivity contribution in [2.45, 2.75) is 0 Å². The fourth-order valence-corrected chi connectivity index (χ4v) is 3.00. The number of rotatable bonds is 4. The molecule has 5 heteroatoms. The van der Waals surface area contributed by atoms with Gasteiger partial charge in [-0.3, -0.25) is 0 Å². The van der Waals surface area contributed by atoms with Gasteiger partial charge in [0, 0.05) is 22.5 Å². The fourth-order valence-electron chi connectivity index (χ4n) is 2.28. The molecular formula is C19H15ClIN3. The van der Waals surface area contributed by atoms with Crippen LogP contribution in [0.25, 0.3) is 12.2 Å². The summed E-state index contributed by atoms with van der Waals surface area (Å²) < 4.78 is 1.23. The van der Waals surface area contributed by atoms with Crippen LogP contribution in [0.1, 0.15) is 11.1 Å². The molecule has 1 aromatic heterocycles. The molecule has 3 nitrogen and oxygen atoms in total. The van der Waals surface area contributed by atoms with Crippen LogP contribution in [0.3, 0.4) is 0 Å². The van der Waals surface area contributed by atoms with Crippen molar-refractivity contribution in [3.05, 3.63) is 80.8 Å². The molecule has 0 atom stereocenters. The zero-order valence-corrected chi connectivity index (χ0v) is 15.9. The highest BCUT2D eigenvalue weighted by Crippen LogP contribution is 2.24. The molecule has 0 aliphatic heterocycles. The maximum atomic E-state index is 5.88. The van der Waals surface area contributed by atoms with Crippen molar-refractivity contribution < 1.29 is 0 Å². The first kappa shape index (κ1) is 16.9. The summed E-state index contributed by atoms with van der Waals surface area (Å²) in [6.45, 7) is 0. The van der Waals surface area contributed by atoms with Gasteiger partial charge < -0.3 is 4.90 Å². The quantitative estimate of drug-likeness (QED) is 0.293. The summed E-state index contributed by atoms with van der Waals surface area (Å²) in [5.74, 6) is 0.758. The van der Waals surface area contributed by atoms with Gasteiger partial charge in [-0.2, -0.15) is 0 Å². The third kappa shape index (κ3) is 4.33. The van der Waals surface area contributed by atoms with E-state index in [2.05, 4.69) is 81.1 Å². The van der Waals surface area contributed by atoms with Gasteiger partial charge in [0.15, 0.2) is 0 Å². The first-order chi connectivity index (χ1) is 11.6. The Morgan fingerprint density at radius 2 is 1.71 bits per heavy atom. The lowest BCUT2D eigenvalue weighted by Crippen LogP contribution is -2.11. The van der Waals surface area contributed by atoms with E-state index in [0.29, 0.717) is 0 Å². The van der Waals surface area contributed by atoms with E-state index in [0.717, 1.165) is 17.1 Å². The first-order valence-electron chi connectivity index (χ1n) is 7.38. The van der Waals surface area contributed by atoms with E-state index in [1.807, 2.05) is 30.1 Å². The van der Waals surface area contributed by atoms with Crippen molar-refractivity contribution in [2.75, 3.05) is 11.9 Å². The second-order valence-corrected chi connectivity index (χ2v) is 6.81. The van der Waals surface area contributed by atoms with E-state index in [9.17, 15) is 0 Å². The summed E-state index contributed by atoms with van der Waals surface area (Å²) in [6, 6.07) is 18.5. The lowest BCUT2D eigenvalue weighted by Gasteiger charge is -2.18. The lowest BCUT2D eigenvalue weighted by molar-refractivity contribution is 1.08. The molecule has 0 saturated heterocycles. The van der Waals surface area contributed by atoms with Crippen LogP contribution in [0.5, 0.6) is 0 Å². The van der Waals surface area contributed by atoms with E-state index in [1.54, 1.807) is 6.20 Å². The van der Waals surface area contributed by atoms with E-state index >= 15 is 0 Å². The molecule has 0 unspecified atom stereocenters. The topological polar surface area (TPSA) is 29.0 Å². The van der Waals surface area contributed by atoms with Crippen LogP contribution < -0.4 is 4.90 Å². The molecule has 3 rings (SSSR count). The van der Waals surface area contributed by atoms with Crippen LogP contribution in [0, 0.1) is 3.57 Å². The molecule has 120 valence electrons. The average Bonchev–Trinajstić information content (AvgIpc) is 2.60. The Morgan fingerprint density at radius 1 is 1.00 bits per heavy atom. The van der Waals surface area contributed by atoms with Crippen molar-refractivity contribution in [2.24, 2.45) is 0 Å². The average molecular weight is 448 g/mol. The molecule has 0 aliphatic rings.